The van der Waals surface area contributed by atoms with E-state index in [4.69, 9.17) is 10.5 Å². The van der Waals surface area contributed by atoms with Crippen LogP contribution in [0.5, 0.6) is 5.75 Å². The fourth-order valence-corrected chi connectivity index (χ4v) is 3.71. The lowest BCUT2D eigenvalue weighted by atomic mass is 9.91. The van der Waals surface area contributed by atoms with Gasteiger partial charge in [0.05, 0.1) is 18.7 Å². The Bertz CT molecular complexity index is 659. The van der Waals surface area contributed by atoms with Gasteiger partial charge in [-0.15, -0.1) is 12.4 Å². The van der Waals surface area contributed by atoms with Crippen molar-refractivity contribution < 1.29 is 14.3 Å². The number of anilines is 1. The SMILES string of the molecule is COc1ccc(C)cc1N1CC(C(=O)NC2CCC(N)CC2)CC1=O.Cl. The highest BCUT2D eigenvalue weighted by Crippen LogP contribution is 2.34. The minimum Gasteiger partial charge on any atom is -0.495 e. The number of halogens is 1. The number of ether oxygens (including phenoxy) is 1. The Morgan fingerprint density at radius 3 is 2.62 bits per heavy atom. The Morgan fingerprint density at radius 2 is 1.96 bits per heavy atom. The van der Waals surface area contributed by atoms with Crippen LogP contribution in [0.15, 0.2) is 18.2 Å². The number of carbonyl (C=O) groups excluding carboxylic acids is 2. The molecule has 2 amide bonds. The van der Waals surface area contributed by atoms with Crippen LogP contribution in [-0.2, 0) is 9.59 Å². The number of hydrogen-bond donors (Lipinski definition) is 2. The second-order valence-electron chi connectivity index (χ2n) is 7.20. The Kier molecular flexibility index (Phi) is 6.89. The summed E-state index contributed by atoms with van der Waals surface area (Å²) in [5.74, 6) is 0.284. The first-order valence-corrected chi connectivity index (χ1v) is 8.99. The summed E-state index contributed by atoms with van der Waals surface area (Å²) in [6.45, 7) is 2.37. The quantitative estimate of drug-likeness (QED) is 0.837. The van der Waals surface area contributed by atoms with Crippen LogP contribution in [0.3, 0.4) is 0 Å². The molecule has 3 rings (SSSR count). The zero-order valence-corrected chi connectivity index (χ0v) is 16.2. The molecule has 2 aliphatic rings. The van der Waals surface area contributed by atoms with Crippen LogP contribution in [0.1, 0.15) is 37.7 Å². The van der Waals surface area contributed by atoms with E-state index in [1.807, 2.05) is 25.1 Å². The molecule has 1 saturated carbocycles. The molecule has 7 heteroatoms. The van der Waals surface area contributed by atoms with E-state index in [0.717, 1.165) is 36.9 Å². The number of nitrogens with two attached hydrogens (primary N) is 1. The summed E-state index contributed by atoms with van der Waals surface area (Å²) in [6.07, 6.45) is 3.98. The molecule has 0 aromatic heterocycles. The smallest absolute Gasteiger partial charge is 0.227 e. The lowest BCUT2D eigenvalue weighted by Gasteiger charge is -2.27. The molecular formula is C19H28ClN3O3. The van der Waals surface area contributed by atoms with Crippen molar-refractivity contribution in [2.45, 2.75) is 51.1 Å². The highest BCUT2D eigenvalue weighted by atomic mass is 35.5. The van der Waals surface area contributed by atoms with Crippen molar-refractivity contribution >= 4 is 29.9 Å². The average molecular weight is 382 g/mol. The van der Waals surface area contributed by atoms with Gasteiger partial charge in [0, 0.05) is 25.0 Å². The van der Waals surface area contributed by atoms with Gasteiger partial charge in [0.2, 0.25) is 11.8 Å². The number of methoxy groups -OCH3 is 1. The predicted octanol–water partition coefficient (Wildman–Crippen LogP) is 2.16. The maximum atomic E-state index is 12.6. The van der Waals surface area contributed by atoms with Crippen molar-refractivity contribution in [2.24, 2.45) is 11.7 Å². The summed E-state index contributed by atoms with van der Waals surface area (Å²) < 4.78 is 5.38. The van der Waals surface area contributed by atoms with Crippen LogP contribution in [0.2, 0.25) is 0 Å². The highest BCUT2D eigenvalue weighted by Gasteiger charge is 2.37. The largest absolute Gasteiger partial charge is 0.495 e. The van der Waals surface area contributed by atoms with E-state index >= 15 is 0 Å². The monoisotopic (exact) mass is 381 g/mol. The second-order valence-corrected chi connectivity index (χ2v) is 7.20. The summed E-state index contributed by atoms with van der Waals surface area (Å²) in [4.78, 5) is 26.7. The first-order valence-electron chi connectivity index (χ1n) is 8.99. The standard InChI is InChI=1S/C19H27N3O3.ClH/c1-12-3-8-17(25-2)16(9-12)22-11-13(10-18(22)23)19(24)21-15-6-4-14(20)5-7-15;/h3,8-9,13-15H,4-7,10-11,20H2,1-2H3,(H,21,24);1H. The van der Waals surface area contributed by atoms with E-state index in [1.54, 1.807) is 12.0 Å². The molecule has 1 aliphatic carbocycles. The van der Waals surface area contributed by atoms with E-state index in [0.29, 0.717) is 12.3 Å². The molecule has 26 heavy (non-hydrogen) atoms. The van der Waals surface area contributed by atoms with Crippen molar-refractivity contribution in [3.63, 3.8) is 0 Å². The predicted molar refractivity (Wildman–Crippen MR) is 104 cm³/mol. The number of nitrogens with one attached hydrogen (secondary N) is 1. The minimum absolute atomic E-state index is 0. The van der Waals surface area contributed by atoms with Gasteiger partial charge >= 0.3 is 0 Å². The molecule has 1 atom stereocenters. The molecule has 1 saturated heterocycles. The second kappa shape index (κ2) is 8.73. The summed E-state index contributed by atoms with van der Waals surface area (Å²) in [6, 6.07) is 6.17. The molecule has 1 aliphatic heterocycles. The first kappa shape index (κ1) is 20.5. The molecule has 0 spiro atoms. The van der Waals surface area contributed by atoms with Crippen LogP contribution in [0.4, 0.5) is 5.69 Å². The van der Waals surface area contributed by atoms with Crippen molar-refractivity contribution in [3.05, 3.63) is 23.8 Å². The zero-order valence-electron chi connectivity index (χ0n) is 15.4. The van der Waals surface area contributed by atoms with Gasteiger partial charge in [-0.3, -0.25) is 9.59 Å². The van der Waals surface area contributed by atoms with Gasteiger partial charge in [-0.05, 0) is 50.3 Å². The van der Waals surface area contributed by atoms with Crippen LogP contribution < -0.4 is 20.7 Å². The van der Waals surface area contributed by atoms with E-state index in [2.05, 4.69) is 5.32 Å². The van der Waals surface area contributed by atoms with Gasteiger partial charge < -0.3 is 20.7 Å². The minimum atomic E-state index is -0.312. The summed E-state index contributed by atoms with van der Waals surface area (Å²) in [5.41, 5.74) is 7.71. The summed E-state index contributed by atoms with van der Waals surface area (Å²) in [5, 5.41) is 3.11. The van der Waals surface area contributed by atoms with Crippen molar-refractivity contribution in [2.75, 3.05) is 18.6 Å². The van der Waals surface area contributed by atoms with Crippen molar-refractivity contribution in [1.29, 1.82) is 0 Å². The normalized spacial score (nSPS) is 25.6. The zero-order chi connectivity index (χ0) is 18.0. The van der Waals surface area contributed by atoms with Gasteiger partial charge in [0.25, 0.3) is 0 Å². The summed E-state index contributed by atoms with van der Waals surface area (Å²) >= 11 is 0. The maximum absolute atomic E-state index is 12.6. The van der Waals surface area contributed by atoms with Gasteiger partial charge in [-0.1, -0.05) is 6.07 Å². The number of nitrogens with zero attached hydrogens (tertiary/aromatic N) is 1. The Hall–Kier alpha value is -1.79. The van der Waals surface area contributed by atoms with Gasteiger partial charge in [0.15, 0.2) is 0 Å². The van der Waals surface area contributed by atoms with Gasteiger partial charge in [-0.2, -0.15) is 0 Å². The molecular weight excluding hydrogens is 354 g/mol. The summed E-state index contributed by atoms with van der Waals surface area (Å²) in [7, 11) is 1.59. The molecule has 0 radical (unpaired) electrons. The molecule has 1 aromatic rings. The number of amides is 2. The lowest BCUT2D eigenvalue weighted by Crippen LogP contribution is -2.43. The van der Waals surface area contributed by atoms with Gasteiger partial charge in [0.1, 0.15) is 5.75 Å². The molecule has 0 bridgehead atoms. The van der Waals surface area contributed by atoms with Crippen LogP contribution >= 0.6 is 12.4 Å². The lowest BCUT2D eigenvalue weighted by molar-refractivity contribution is -0.127. The van der Waals surface area contributed by atoms with Crippen molar-refractivity contribution in [3.8, 4) is 5.75 Å². The average Bonchev–Trinajstić information content (AvgIpc) is 2.98. The number of hydrogen-bond acceptors (Lipinski definition) is 4. The molecule has 3 N–H and O–H groups in total. The number of carbonyl (C=O) groups is 2. The van der Waals surface area contributed by atoms with E-state index in [9.17, 15) is 9.59 Å². The topological polar surface area (TPSA) is 84.7 Å². The number of benzene rings is 1. The fourth-order valence-electron chi connectivity index (χ4n) is 3.71. The number of aryl methyl sites for hydroxylation is 1. The third-order valence-corrected chi connectivity index (χ3v) is 5.24. The van der Waals surface area contributed by atoms with Gasteiger partial charge in [-0.25, -0.2) is 0 Å². The molecule has 6 nitrogen and oxygen atoms in total. The van der Waals surface area contributed by atoms with Crippen molar-refractivity contribution in [1.82, 2.24) is 5.32 Å². The van der Waals surface area contributed by atoms with Crippen LogP contribution in [0.25, 0.3) is 0 Å². The van der Waals surface area contributed by atoms with E-state index in [-0.39, 0.29) is 48.6 Å². The third-order valence-electron chi connectivity index (χ3n) is 5.24. The Labute approximate surface area is 160 Å². The Morgan fingerprint density at radius 1 is 1.27 bits per heavy atom. The van der Waals surface area contributed by atoms with E-state index in [1.165, 1.54) is 0 Å². The number of rotatable bonds is 4. The fraction of sp³-hybridized carbons (Fsp3) is 0.579. The maximum Gasteiger partial charge on any atom is 0.227 e. The molecule has 1 unspecified atom stereocenters. The highest BCUT2D eigenvalue weighted by molar-refractivity contribution is 6.01. The molecule has 1 heterocycles. The van der Waals surface area contributed by atoms with Crippen LogP contribution in [0, 0.1) is 12.8 Å². The first-order chi connectivity index (χ1) is 12.0. The molecule has 2 fully saturated rings. The third kappa shape index (κ3) is 4.48. The van der Waals surface area contributed by atoms with Crippen LogP contribution in [-0.4, -0.2) is 37.6 Å². The molecule has 144 valence electrons. The molecule has 1 aromatic carbocycles. The van der Waals surface area contributed by atoms with E-state index < -0.39 is 0 Å². The Balaban J connectivity index is 0.00000243.